The maximum Gasteiger partial charge on any atom is 0.513 e. The van der Waals surface area contributed by atoms with E-state index >= 15 is 0 Å². The van der Waals surface area contributed by atoms with Crippen LogP contribution in [0.5, 0.6) is 5.75 Å². The molecule has 0 radical (unpaired) electrons. The number of fused-ring (bicyclic) bond motifs is 1. The van der Waals surface area contributed by atoms with Crippen LogP contribution in [0.1, 0.15) is 102 Å². The second-order valence-electron chi connectivity index (χ2n) is 16.8. The molecule has 27 heteroatoms. The van der Waals surface area contributed by atoms with Crippen molar-refractivity contribution in [2.75, 3.05) is 50.0 Å². The van der Waals surface area contributed by atoms with Crippen LogP contribution in [0.2, 0.25) is 0 Å². The zero-order chi connectivity index (χ0) is 52.8. The minimum absolute atomic E-state index is 0.0942. The molecule has 1 aliphatic heterocycles. The van der Waals surface area contributed by atoms with E-state index in [0.29, 0.717) is 117 Å². The molecule has 0 spiro atoms. The van der Waals surface area contributed by atoms with Crippen LogP contribution in [-0.2, 0) is 38.3 Å². The van der Waals surface area contributed by atoms with E-state index in [1.807, 2.05) is 0 Å². The van der Waals surface area contributed by atoms with Gasteiger partial charge in [-0.2, -0.15) is 0 Å². The number of nitrogens with one attached hydrogen (secondary N) is 5. The van der Waals surface area contributed by atoms with Crippen molar-refractivity contribution in [1.29, 1.82) is 0 Å². The van der Waals surface area contributed by atoms with Crippen LogP contribution in [0.15, 0.2) is 23.2 Å². The number of carboxylic acid groups (broad SMARTS) is 1. The number of thiazole rings is 1. The average molecular weight is 1090 g/mol. The van der Waals surface area contributed by atoms with E-state index in [9.17, 15) is 43.5 Å². The summed E-state index contributed by atoms with van der Waals surface area (Å²) >= 11 is 2.64. The first-order valence-corrected chi connectivity index (χ1v) is 28.4. The summed E-state index contributed by atoms with van der Waals surface area (Å²) in [6.45, 7) is 2.80. The van der Waals surface area contributed by atoms with Crippen molar-refractivity contribution >= 4 is 108 Å². The average Bonchev–Trinajstić information content (AvgIpc) is 4.01. The molecule has 0 fully saturated rings. The Morgan fingerprint density at radius 3 is 1.69 bits per heavy atom. The summed E-state index contributed by atoms with van der Waals surface area (Å²) < 4.78 is 11.3. The van der Waals surface area contributed by atoms with E-state index in [2.05, 4.69) is 36.6 Å². The number of ether oxygens (including phenoxy) is 2. The molecule has 2 aromatic rings. The van der Waals surface area contributed by atoms with Crippen molar-refractivity contribution in [3.8, 4) is 5.75 Å². The number of aromatic nitrogens is 1. The van der Waals surface area contributed by atoms with Crippen LogP contribution in [0.25, 0.3) is 10.2 Å². The largest absolute Gasteiger partial charge is 0.513 e. The third-order valence-corrected chi connectivity index (χ3v) is 15.6. The predicted molar refractivity (Wildman–Crippen MR) is 282 cm³/mol. The van der Waals surface area contributed by atoms with Gasteiger partial charge in [0.25, 0.3) is 0 Å². The fourth-order valence-electron chi connectivity index (χ4n) is 6.98. The molecule has 402 valence electrons. The SMILES string of the molecule is CC(=O)N[C@@H](CSSCCCCOC(=O)Oc1ccc2nc(C3=N[C@@H](C(=O)O)CS3)sc2c1)C(=O)N[C@H](CCCCN)C(=O)N[C@H](CCCCN)C(=O)N[C@H](CCCCN)C(=O)N[C@H](CCCCN)C(N)=O. The zero-order valence-corrected chi connectivity index (χ0v) is 44.0. The highest BCUT2D eigenvalue weighted by molar-refractivity contribution is 8.76. The first-order chi connectivity index (χ1) is 34.6. The van der Waals surface area contributed by atoms with Gasteiger partial charge in [0.05, 0.1) is 16.8 Å². The number of rotatable bonds is 37. The lowest BCUT2D eigenvalue weighted by Gasteiger charge is -2.27. The topological polar surface area (TPSA) is 391 Å². The Morgan fingerprint density at radius 1 is 0.694 bits per heavy atom. The number of hydrogen-bond donors (Lipinski definition) is 11. The normalized spacial score (nSPS) is 15.3. The summed E-state index contributed by atoms with van der Waals surface area (Å²) in [5.41, 5.74) is 29.0. The molecule has 16 N–H and O–H groups in total. The molecule has 6 atom stereocenters. The van der Waals surface area contributed by atoms with Crippen LogP contribution < -0.4 is 60.0 Å². The van der Waals surface area contributed by atoms with Gasteiger partial charge < -0.3 is 69.8 Å². The number of aliphatic imine (C=N–C) groups is 1. The van der Waals surface area contributed by atoms with Crippen LogP contribution in [-0.4, -0.2) is 149 Å². The number of carbonyl (C=O) groups excluding carboxylic acids is 7. The van der Waals surface area contributed by atoms with Crippen molar-refractivity contribution < 1.29 is 52.9 Å². The maximum atomic E-state index is 14.0. The first-order valence-electron chi connectivity index (χ1n) is 24.1. The molecule has 0 aliphatic carbocycles. The molecule has 0 bridgehead atoms. The molecule has 1 aromatic carbocycles. The third-order valence-electron chi connectivity index (χ3n) is 10.9. The van der Waals surface area contributed by atoms with Gasteiger partial charge in [-0.1, -0.05) is 21.6 Å². The molecule has 6 amide bonds. The van der Waals surface area contributed by atoms with Gasteiger partial charge in [0, 0.05) is 30.2 Å². The Hall–Kier alpha value is -4.77. The fourth-order valence-corrected chi connectivity index (χ4v) is 11.4. The summed E-state index contributed by atoms with van der Waals surface area (Å²) in [5.74, 6) is -3.32. The summed E-state index contributed by atoms with van der Waals surface area (Å²) in [4.78, 5) is 112. The Morgan fingerprint density at radius 2 is 1.21 bits per heavy atom. The smallest absolute Gasteiger partial charge is 0.480 e. The maximum absolute atomic E-state index is 14.0. The molecule has 3 rings (SSSR count). The van der Waals surface area contributed by atoms with Crippen molar-refractivity contribution in [2.45, 2.75) is 133 Å². The van der Waals surface area contributed by atoms with Gasteiger partial charge >= 0.3 is 12.1 Å². The minimum atomic E-state index is -1.13. The van der Waals surface area contributed by atoms with Crippen LogP contribution in [0.4, 0.5) is 4.79 Å². The number of thioether (sulfide) groups is 1. The van der Waals surface area contributed by atoms with Crippen LogP contribution >= 0.6 is 44.7 Å². The summed E-state index contributed by atoms with van der Waals surface area (Å²) in [5, 5.41) is 24.0. The number of carboxylic acids is 1. The van der Waals surface area contributed by atoms with Gasteiger partial charge in [-0.05, 0) is 128 Å². The molecule has 23 nitrogen and oxygen atoms in total. The molecule has 0 saturated carbocycles. The second kappa shape index (κ2) is 34.6. The van der Waals surface area contributed by atoms with Crippen LogP contribution in [0.3, 0.4) is 0 Å². The van der Waals surface area contributed by atoms with Gasteiger partial charge in [0.1, 0.15) is 46.0 Å². The lowest BCUT2D eigenvalue weighted by molar-refractivity contribution is -0.137. The number of hydrogen-bond acceptors (Lipinski definition) is 20. The molecule has 1 aliphatic rings. The van der Waals surface area contributed by atoms with E-state index in [-0.39, 0.29) is 43.8 Å². The molecule has 2 heterocycles. The van der Waals surface area contributed by atoms with Crippen LogP contribution in [0, 0.1) is 0 Å². The summed E-state index contributed by atoms with van der Waals surface area (Å²) in [6, 6.07) is -1.19. The van der Waals surface area contributed by atoms with Crippen molar-refractivity contribution in [3.05, 3.63) is 23.2 Å². The van der Waals surface area contributed by atoms with Crippen molar-refractivity contribution in [2.24, 2.45) is 33.7 Å². The number of nitrogens with two attached hydrogens (primary N) is 5. The number of unbranched alkanes of at least 4 members (excludes halogenated alkanes) is 5. The van der Waals surface area contributed by atoms with E-state index in [1.54, 1.807) is 18.2 Å². The number of carbonyl (C=O) groups is 8. The second-order valence-corrected chi connectivity index (χ2v) is 21.5. The number of aliphatic carboxylic acids is 1. The van der Waals surface area contributed by atoms with Gasteiger partial charge in [0.15, 0.2) is 6.04 Å². The minimum Gasteiger partial charge on any atom is -0.480 e. The zero-order valence-electron chi connectivity index (χ0n) is 40.7. The van der Waals surface area contributed by atoms with Crippen molar-refractivity contribution in [1.82, 2.24) is 31.6 Å². The number of nitrogens with zero attached hydrogens (tertiary/aromatic N) is 2. The molecule has 0 saturated heterocycles. The fraction of sp³-hybridized carbons (Fsp3) is 0.644. The quantitative estimate of drug-likeness (QED) is 0.0197. The molecular formula is C45H72N12O11S4. The van der Waals surface area contributed by atoms with Gasteiger partial charge in [-0.15, -0.1) is 23.1 Å². The Kier molecular flexibility index (Phi) is 29.6. The lowest BCUT2D eigenvalue weighted by Crippen LogP contribution is -2.59. The van der Waals surface area contributed by atoms with E-state index in [0.717, 1.165) is 4.70 Å². The monoisotopic (exact) mass is 1080 g/mol. The Balaban J connectivity index is 1.55. The van der Waals surface area contributed by atoms with Crippen molar-refractivity contribution in [3.63, 3.8) is 0 Å². The summed E-state index contributed by atoms with van der Waals surface area (Å²) in [6.07, 6.45) is 5.34. The molecular weight excluding hydrogens is 1010 g/mol. The molecule has 1 aromatic heterocycles. The highest BCUT2D eigenvalue weighted by Gasteiger charge is 2.32. The highest BCUT2D eigenvalue weighted by atomic mass is 33.1. The first kappa shape index (κ1) is 61.5. The molecule has 0 unspecified atom stereocenters. The van der Waals surface area contributed by atoms with Gasteiger partial charge in [-0.25, -0.2) is 14.6 Å². The third kappa shape index (κ3) is 23.0. The number of benzene rings is 1. The van der Waals surface area contributed by atoms with E-state index in [1.165, 1.54) is 51.6 Å². The van der Waals surface area contributed by atoms with Gasteiger partial charge in [0.2, 0.25) is 35.4 Å². The number of primary amides is 1. The summed E-state index contributed by atoms with van der Waals surface area (Å²) in [7, 11) is 2.78. The molecule has 72 heavy (non-hydrogen) atoms. The Bertz CT molecular complexity index is 2120. The highest BCUT2D eigenvalue weighted by Crippen LogP contribution is 2.32. The Labute approximate surface area is 435 Å². The standard InChI is InChI=1S/C45H72N12O11S4/c1-27(58)51-34(26-71-70-23-11-10-22-67-45(66)68-28-16-17-29-36(24-28)72-43(56-29)42-57-35(25-69-42)44(64)65)41(63)55-33(15-5-9-21-49)40(62)54-32(14-4-8-20-48)39(61)53-31(13-3-7-19-47)38(60)52-30(37(50)59)12-2-6-18-46/h16-17,24,30-35H,2-15,18-23,25-26,46-49H2,1H3,(H2,50,59)(H,51,58)(H,52,60)(H,53,61)(H,54,62)(H,55,63)(H,64,65)/t30-,31-,32-,33-,34+,35-/m1/s1. The predicted octanol–water partition coefficient (Wildman–Crippen LogP) is 1.37. The lowest BCUT2D eigenvalue weighted by atomic mass is 10.0. The van der Waals surface area contributed by atoms with Gasteiger partial charge in [-0.3, -0.25) is 33.8 Å². The number of amides is 6. The van der Waals surface area contributed by atoms with E-state index < -0.39 is 83.8 Å². The van der Waals surface area contributed by atoms with E-state index in [4.69, 9.17) is 38.1 Å².